The van der Waals surface area contributed by atoms with Gasteiger partial charge in [0.15, 0.2) is 0 Å². The highest BCUT2D eigenvalue weighted by atomic mass is 19.4. The third-order valence-electron chi connectivity index (χ3n) is 1.76. The summed E-state index contributed by atoms with van der Waals surface area (Å²) in [5, 5.41) is 2.10. The van der Waals surface area contributed by atoms with Crippen molar-refractivity contribution in [2.45, 2.75) is 12.8 Å². The summed E-state index contributed by atoms with van der Waals surface area (Å²) in [5.41, 5.74) is -0.681. The summed E-state index contributed by atoms with van der Waals surface area (Å²) in [7, 11) is 1.39. The van der Waals surface area contributed by atoms with Crippen LogP contribution >= 0.6 is 0 Å². The molecule has 16 heavy (non-hydrogen) atoms. The molecule has 0 atom stereocenters. The molecule has 1 amide bonds. The van der Waals surface area contributed by atoms with Crippen LogP contribution < -0.4 is 5.32 Å². The molecule has 0 spiro atoms. The van der Waals surface area contributed by atoms with Crippen LogP contribution in [0.15, 0.2) is 12.1 Å². The fourth-order valence-electron chi connectivity index (χ4n) is 1.10. The number of alkyl halides is 3. The Morgan fingerprint density at radius 1 is 1.50 bits per heavy atom. The maximum atomic E-state index is 12.3. The first-order chi connectivity index (χ1) is 7.49. The number of hydrogen-bond acceptors (Lipinski definition) is 3. The van der Waals surface area contributed by atoms with Gasteiger partial charge in [-0.05, 0) is 6.07 Å². The zero-order chi connectivity index (χ0) is 12.2. The van der Waals surface area contributed by atoms with E-state index in [0.29, 0.717) is 5.56 Å². The monoisotopic (exact) mass is 234 g/mol. The van der Waals surface area contributed by atoms with E-state index in [1.807, 2.05) is 0 Å². The normalized spacial score (nSPS) is 11.2. The minimum atomic E-state index is -4.54. The lowest BCUT2D eigenvalue weighted by Crippen LogP contribution is -2.11. The van der Waals surface area contributed by atoms with Gasteiger partial charge in [-0.15, -0.1) is 0 Å². The molecule has 7 heteroatoms. The number of nitrogens with one attached hydrogen (secondary N) is 1. The van der Waals surface area contributed by atoms with E-state index in [9.17, 15) is 18.0 Å². The van der Waals surface area contributed by atoms with Gasteiger partial charge in [0.05, 0.1) is 6.61 Å². The van der Waals surface area contributed by atoms with Crippen molar-refractivity contribution in [3.05, 3.63) is 23.4 Å². The number of rotatable bonds is 4. The van der Waals surface area contributed by atoms with E-state index in [1.54, 1.807) is 0 Å². The average Bonchev–Trinajstić information content (AvgIpc) is 2.19. The Morgan fingerprint density at radius 2 is 2.19 bits per heavy atom. The quantitative estimate of drug-likeness (QED) is 0.808. The molecule has 1 heterocycles. The molecule has 1 aromatic rings. The first kappa shape index (κ1) is 12.4. The Balaban J connectivity index is 3.11. The predicted octanol–water partition coefficient (Wildman–Crippen LogP) is 1.82. The van der Waals surface area contributed by atoms with Gasteiger partial charge in [0.25, 0.3) is 0 Å². The first-order valence-corrected chi connectivity index (χ1v) is 4.25. The molecule has 1 aromatic heterocycles. The van der Waals surface area contributed by atoms with Crippen LogP contribution in [-0.2, 0) is 22.3 Å². The second kappa shape index (κ2) is 4.93. The standard InChI is InChI=1S/C9H9F3N2O2/c1-16-4-6-2-3-7(9(10,11)12)14-8(6)13-5-15/h2-3,5H,4H2,1H3,(H,13,14,15). The van der Waals surface area contributed by atoms with Crippen molar-refractivity contribution in [2.24, 2.45) is 0 Å². The predicted molar refractivity (Wildman–Crippen MR) is 49.6 cm³/mol. The number of anilines is 1. The second-order valence-electron chi connectivity index (χ2n) is 2.90. The van der Waals surface area contributed by atoms with Crippen LogP contribution in [0.2, 0.25) is 0 Å². The van der Waals surface area contributed by atoms with Gasteiger partial charge in [-0.25, -0.2) is 4.98 Å². The van der Waals surface area contributed by atoms with Gasteiger partial charge in [0, 0.05) is 12.7 Å². The van der Waals surface area contributed by atoms with Crippen molar-refractivity contribution < 1.29 is 22.7 Å². The number of aromatic nitrogens is 1. The lowest BCUT2D eigenvalue weighted by Gasteiger charge is -2.10. The number of carbonyl (C=O) groups excluding carboxylic acids is 1. The van der Waals surface area contributed by atoms with Crippen LogP contribution in [0.4, 0.5) is 19.0 Å². The molecule has 0 unspecified atom stereocenters. The molecular weight excluding hydrogens is 225 g/mol. The van der Waals surface area contributed by atoms with Crippen LogP contribution in [0.3, 0.4) is 0 Å². The van der Waals surface area contributed by atoms with Crippen molar-refractivity contribution in [2.75, 3.05) is 12.4 Å². The van der Waals surface area contributed by atoms with Gasteiger partial charge >= 0.3 is 6.18 Å². The van der Waals surface area contributed by atoms with Gasteiger partial charge in [-0.3, -0.25) is 4.79 Å². The van der Waals surface area contributed by atoms with Gasteiger partial charge in [0.2, 0.25) is 6.41 Å². The third kappa shape index (κ3) is 2.93. The maximum absolute atomic E-state index is 12.3. The SMILES string of the molecule is COCc1ccc(C(F)(F)F)nc1NC=O. The summed E-state index contributed by atoms with van der Waals surface area (Å²) in [6.45, 7) is 0.0707. The van der Waals surface area contributed by atoms with E-state index in [1.165, 1.54) is 13.2 Å². The fraction of sp³-hybridized carbons (Fsp3) is 0.333. The topological polar surface area (TPSA) is 51.2 Å². The molecule has 0 fully saturated rings. The number of nitrogens with zero attached hydrogens (tertiary/aromatic N) is 1. The van der Waals surface area contributed by atoms with Gasteiger partial charge in [0.1, 0.15) is 11.5 Å². The molecule has 0 aliphatic carbocycles. The summed E-state index contributed by atoms with van der Waals surface area (Å²) in [5.74, 6) is -0.147. The van der Waals surface area contributed by atoms with Crippen LogP contribution in [-0.4, -0.2) is 18.5 Å². The molecule has 0 aliphatic heterocycles. The second-order valence-corrected chi connectivity index (χ2v) is 2.90. The largest absolute Gasteiger partial charge is 0.433 e. The highest BCUT2D eigenvalue weighted by molar-refractivity contribution is 5.70. The molecule has 0 aromatic carbocycles. The third-order valence-corrected chi connectivity index (χ3v) is 1.76. The minimum Gasteiger partial charge on any atom is -0.380 e. The molecule has 0 saturated heterocycles. The fourth-order valence-corrected chi connectivity index (χ4v) is 1.10. The molecule has 88 valence electrons. The van der Waals surface area contributed by atoms with E-state index >= 15 is 0 Å². The highest BCUT2D eigenvalue weighted by Crippen LogP contribution is 2.29. The van der Waals surface area contributed by atoms with Crippen molar-refractivity contribution in [3.8, 4) is 0 Å². The average molecular weight is 234 g/mol. The maximum Gasteiger partial charge on any atom is 0.433 e. The van der Waals surface area contributed by atoms with Crippen molar-refractivity contribution in [1.29, 1.82) is 0 Å². The lowest BCUT2D eigenvalue weighted by atomic mass is 10.2. The van der Waals surface area contributed by atoms with E-state index in [4.69, 9.17) is 4.74 Å². The molecule has 0 radical (unpaired) electrons. The van der Waals surface area contributed by atoms with E-state index in [-0.39, 0.29) is 18.8 Å². The van der Waals surface area contributed by atoms with Crippen LogP contribution in [0, 0.1) is 0 Å². The number of pyridine rings is 1. The first-order valence-electron chi connectivity index (χ1n) is 4.25. The Hall–Kier alpha value is -1.63. The molecular formula is C9H9F3N2O2. The molecule has 1 rings (SSSR count). The summed E-state index contributed by atoms with van der Waals surface area (Å²) in [6.07, 6.45) is -4.27. The zero-order valence-electron chi connectivity index (χ0n) is 8.34. The lowest BCUT2D eigenvalue weighted by molar-refractivity contribution is -0.141. The van der Waals surface area contributed by atoms with Crippen LogP contribution in [0.1, 0.15) is 11.3 Å². The van der Waals surface area contributed by atoms with Crippen LogP contribution in [0.5, 0.6) is 0 Å². The Bertz CT molecular complexity index is 380. The smallest absolute Gasteiger partial charge is 0.380 e. The van der Waals surface area contributed by atoms with Crippen molar-refractivity contribution in [3.63, 3.8) is 0 Å². The Kier molecular flexibility index (Phi) is 3.83. The van der Waals surface area contributed by atoms with Gasteiger partial charge in [-0.1, -0.05) is 6.07 Å². The molecule has 0 saturated carbocycles. The molecule has 1 N–H and O–H groups in total. The highest BCUT2D eigenvalue weighted by Gasteiger charge is 2.33. The van der Waals surface area contributed by atoms with Gasteiger partial charge < -0.3 is 10.1 Å². The van der Waals surface area contributed by atoms with E-state index in [2.05, 4.69) is 10.3 Å². The number of ether oxygens (including phenoxy) is 1. The number of hydrogen-bond donors (Lipinski definition) is 1. The molecule has 0 aliphatic rings. The summed E-state index contributed by atoms with van der Waals surface area (Å²) in [6, 6.07) is 2.05. The van der Waals surface area contributed by atoms with E-state index in [0.717, 1.165) is 6.07 Å². The zero-order valence-corrected chi connectivity index (χ0v) is 8.34. The molecule has 4 nitrogen and oxygen atoms in total. The minimum absolute atomic E-state index is 0.0707. The Morgan fingerprint density at radius 3 is 2.69 bits per heavy atom. The van der Waals surface area contributed by atoms with Crippen LogP contribution in [0.25, 0.3) is 0 Å². The number of carbonyl (C=O) groups is 1. The van der Waals surface area contributed by atoms with Gasteiger partial charge in [-0.2, -0.15) is 13.2 Å². The van der Waals surface area contributed by atoms with E-state index < -0.39 is 11.9 Å². The van der Waals surface area contributed by atoms with Crippen molar-refractivity contribution in [1.82, 2.24) is 4.98 Å². The summed E-state index contributed by atoms with van der Waals surface area (Å²) in [4.78, 5) is 13.5. The summed E-state index contributed by atoms with van der Waals surface area (Å²) >= 11 is 0. The summed E-state index contributed by atoms with van der Waals surface area (Å²) < 4.78 is 41.7. The number of amides is 1. The number of methoxy groups -OCH3 is 1. The van der Waals surface area contributed by atoms with Crippen molar-refractivity contribution >= 4 is 12.2 Å². The molecule has 0 bridgehead atoms. The Labute approximate surface area is 89.4 Å². The number of halogens is 3.